The molecule has 2 N–H and O–H groups in total. The van der Waals surface area contributed by atoms with Crippen LogP contribution in [0.2, 0.25) is 0 Å². The summed E-state index contributed by atoms with van der Waals surface area (Å²) in [6.45, 7) is 4.39. The number of aromatic nitrogens is 2. The molecular weight excluding hydrogens is 276 g/mol. The van der Waals surface area contributed by atoms with Gasteiger partial charge in [0.2, 0.25) is 0 Å². The Balaban J connectivity index is 2.43. The van der Waals surface area contributed by atoms with Gasteiger partial charge in [-0.05, 0) is 32.0 Å². The molecule has 2 rings (SSSR count). The van der Waals surface area contributed by atoms with Gasteiger partial charge in [0, 0.05) is 25.5 Å². The normalized spacial score (nSPS) is 11.6. The standard InChI is InChI=1S/C13H18N4O2S/c1-4-17-9-13(15-10(17)2)20(18,19)16(3)12-7-5-6-11(14)8-12/h5-9H,4,14H2,1-3H3. The molecule has 0 unspecified atom stereocenters. The van der Waals surface area contributed by atoms with E-state index < -0.39 is 10.0 Å². The Morgan fingerprint density at radius 2 is 2.10 bits per heavy atom. The predicted molar refractivity (Wildman–Crippen MR) is 79.1 cm³/mol. The van der Waals surface area contributed by atoms with Crippen LogP contribution in [-0.4, -0.2) is 25.0 Å². The zero-order valence-electron chi connectivity index (χ0n) is 11.7. The molecule has 0 bridgehead atoms. The molecule has 0 fully saturated rings. The second kappa shape index (κ2) is 5.16. The average Bonchev–Trinajstić information content (AvgIpc) is 2.79. The van der Waals surface area contributed by atoms with E-state index in [4.69, 9.17) is 5.73 Å². The van der Waals surface area contributed by atoms with Crippen LogP contribution in [0.25, 0.3) is 0 Å². The number of rotatable bonds is 4. The lowest BCUT2D eigenvalue weighted by Crippen LogP contribution is -2.26. The Morgan fingerprint density at radius 1 is 1.40 bits per heavy atom. The first-order valence-electron chi connectivity index (χ1n) is 6.24. The van der Waals surface area contributed by atoms with Crippen molar-refractivity contribution in [1.29, 1.82) is 0 Å². The van der Waals surface area contributed by atoms with E-state index in [1.165, 1.54) is 11.4 Å². The van der Waals surface area contributed by atoms with E-state index in [0.717, 1.165) is 0 Å². The second-order valence-electron chi connectivity index (χ2n) is 4.48. The lowest BCUT2D eigenvalue weighted by atomic mass is 10.3. The summed E-state index contributed by atoms with van der Waals surface area (Å²) in [6, 6.07) is 6.73. The third kappa shape index (κ3) is 2.49. The molecule has 0 amide bonds. The van der Waals surface area contributed by atoms with Gasteiger partial charge in [-0.15, -0.1) is 0 Å². The van der Waals surface area contributed by atoms with E-state index in [1.54, 1.807) is 42.0 Å². The number of imidazole rings is 1. The van der Waals surface area contributed by atoms with Crippen LogP contribution in [0.5, 0.6) is 0 Å². The molecule has 0 aliphatic heterocycles. The Kier molecular flexibility index (Phi) is 3.71. The van der Waals surface area contributed by atoms with Crippen molar-refractivity contribution < 1.29 is 8.42 Å². The number of sulfonamides is 1. The van der Waals surface area contributed by atoms with Crippen molar-refractivity contribution in [2.75, 3.05) is 17.1 Å². The first kappa shape index (κ1) is 14.4. The topological polar surface area (TPSA) is 81.2 Å². The maximum Gasteiger partial charge on any atom is 0.283 e. The molecular formula is C13H18N4O2S. The quantitative estimate of drug-likeness (QED) is 0.869. The highest BCUT2D eigenvalue weighted by molar-refractivity contribution is 7.92. The van der Waals surface area contributed by atoms with Gasteiger partial charge in [0.25, 0.3) is 10.0 Å². The summed E-state index contributed by atoms with van der Waals surface area (Å²) in [6.07, 6.45) is 1.55. The zero-order chi connectivity index (χ0) is 14.9. The van der Waals surface area contributed by atoms with Crippen LogP contribution in [0.4, 0.5) is 11.4 Å². The molecule has 0 atom stereocenters. The Hall–Kier alpha value is -2.02. The van der Waals surface area contributed by atoms with Crippen LogP contribution in [0.1, 0.15) is 12.7 Å². The van der Waals surface area contributed by atoms with Crippen molar-refractivity contribution in [1.82, 2.24) is 9.55 Å². The highest BCUT2D eigenvalue weighted by atomic mass is 32.2. The minimum Gasteiger partial charge on any atom is -0.399 e. The zero-order valence-corrected chi connectivity index (χ0v) is 12.6. The van der Waals surface area contributed by atoms with E-state index in [1.807, 2.05) is 6.92 Å². The van der Waals surface area contributed by atoms with Gasteiger partial charge in [0.15, 0.2) is 5.03 Å². The van der Waals surface area contributed by atoms with E-state index in [-0.39, 0.29) is 5.03 Å². The highest BCUT2D eigenvalue weighted by Gasteiger charge is 2.25. The fourth-order valence-corrected chi connectivity index (χ4v) is 3.10. The molecule has 0 saturated carbocycles. The minimum atomic E-state index is -3.67. The average molecular weight is 294 g/mol. The smallest absolute Gasteiger partial charge is 0.283 e. The molecule has 20 heavy (non-hydrogen) atoms. The van der Waals surface area contributed by atoms with Crippen molar-refractivity contribution in [3.8, 4) is 0 Å². The lowest BCUT2D eigenvalue weighted by molar-refractivity contribution is 0.591. The first-order chi connectivity index (χ1) is 9.36. The summed E-state index contributed by atoms with van der Waals surface area (Å²) in [5, 5.41) is 0.0433. The Morgan fingerprint density at radius 3 is 2.65 bits per heavy atom. The van der Waals surface area contributed by atoms with E-state index >= 15 is 0 Å². The third-order valence-electron chi connectivity index (χ3n) is 3.15. The van der Waals surface area contributed by atoms with Crippen LogP contribution in [0.15, 0.2) is 35.5 Å². The largest absolute Gasteiger partial charge is 0.399 e. The summed E-state index contributed by atoms with van der Waals surface area (Å²) in [7, 11) is -2.18. The van der Waals surface area contributed by atoms with Crippen molar-refractivity contribution in [3.63, 3.8) is 0 Å². The molecule has 1 aromatic heterocycles. The van der Waals surface area contributed by atoms with Gasteiger partial charge in [-0.1, -0.05) is 6.07 Å². The summed E-state index contributed by atoms with van der Waals surface area (Å²) in [5.74, 6) is 0.673. The number of aryl methyl sites for hydroxylation is 2. The van der Waals surface area contributed by atoms with Gasteiger partial charge >= 0.3 is 0 Å². The number of nitrogens with zero attached hydrogens (tertiary/aromatic N) is 3. The molecule has 0 aliphatic carbocycles. The Labute approximate surface area is 118 Å². The summed E-state index contributed by atoms with van der Waals surface area (Å²) >= 11 is 0. The first-order valence-corrected chi connectivity index (χ1v) is 7.68. The van der Waals surface area contributed by atoms with Crippen LogP contribution in [0.3, 0.4) is 0 Å². The molecule has 108 valence electrons. The summed E-state index contributed by atoms with van der Waals surface area (Å²) in [5.41, 5.74) is 6.71. The molecule has 1 aromatic carbocycles. The Bertz CT molecular complexity index is 722. The van der Waals surface area contributed by atoms with Gasteiger partial charge in [0.1, 0.15) is 5.82 Å². The van der Waals surface area contributed by atoms with Gasteiger partial charge in [-0.25, -0.2) is 4.98 Å². The molecule has 7 heteroatoms. The number of nitrogen functional groups attached to an aromatic ring is 1. The highest BCUT2D eigenvalue weighted by Crippen LogP contribution is 2.23. The predicted octanol–water partition coefficient (Wildman–Crippen LogP) is 1.62. The van der Waals surface area contributed by atoms with Crippen molar-refractivity contribution in [2.24, 2.45) is 0 Å². The number of hydrogen-bond donors (Lipinski definition) is 1. The maximum absolute atomic E-state index is 12.5. The van der Waals surface area contributed by atoms with E-state index in [2.05, 4.69) is 4.98 Å². The van der Waals surface area contributed by atoms with E-state index in [9.17, 15) is 8.42 Å². The van der Waals surface area contributed by atoms with Crippen LogP contribution >= 0.6 is 0 Å². The summed E-state index contributed by atoms with van der Waals surface area (Å²) < 4.78 is 28.0. The fourth-order valence-electron chi connectivity index (χ4n) is 1.92. The molecule has 0 saturated heterocycles. The molecule has 0 spiro atoms. The van der Waals surface area contributed by atoms with Crippen LogP contribution < -0.4 is 10.0 Å². The molecule has 0 radical (unpaired) electrons. The third-order valence-corrected chi connectivity index (χ3v) is 4.81. The maximum atomic E-state index is 12.5. The van der Waals surface area contributed by atoms with E-state index in [0.29, 0.717) is 23.7 Å². The van der Waals surface area contributed by atoms with Crippen LogP contribution in [0, 0.1) is 6.92 Å². The second-order valence-corrected chi connectivity index (χ2v) is 6.40. The van der Waals surface area contributed by atoms with Gasteiger partial charge < -0.3 is 10.3 Å². The number of benzene rings is 1. The number of anilines is 2. The van der Waals surface area contributed by atoms with Crippen molar-refractivity contribution in [2.45, 2.75) is 25.4 Å². The fraction of sp³-hybridized carbons (Fsp3) is 0.308. The van der Waals surface area contributed by atoms with Crippen molar-refractivity contribution in [3.05, 3.63) is 36.3 Å². The van der Waals surface area contributed by atoms with Gasteiger partial charge in [-0.2, -0.15) is 8.42 Å². The summed E-state index contributed by atoms with van der Waals surface area (Å²) in [4.78, 5) is 4.12. The van der Waals surface area contributed by atoms with Crippen molar-refractivity contribution >= 4 is 21.4 Å². The molecule has 2 aromatic rings. The van der Waals surface area contributed by atoms with Gasteiger partial charge in [-0.3, -0.25) is 4.31 Å². The molecule has 0 aliphatic rings. The van der Waals surface area contributed by atoms with Crippen LogP contribution in [-0.2, 0) is 16.6 Å². The lowest BCUT2D eigenvalue weighted by Gasteiger charge is -2.18. The monoisotopic (exact) mass is 294 g/mol. The SMILES string of the molecule is CCn1cc(S(=O)(=O)N(C)c2cccc(N)c2)nc1C. The molecule has 6 nitrogen and oxygen atoms in total. The number of hydrogen-bond acceptors (Lipinski definition) is 4. The number of nitrogens with two attached hydrogens (primary N) is 1. The minimum absolute atomic E-state index is 0.0433. The van der Waals surface area contributed by atoms with Gasteiger partial charge in [0.05, 0.1) is 5.69 Å². The molecule has 1 heterocycles.